The molecule has 4 atom stereocenters. The predicted octanol–water partition coefficient (Wildman–Crippen LogP) is -2.99. The van der Waals surface area contributed by atoms with Crippen molar-refractivity contribution in [3.63, 3.8) is 0 Å². The molecule has 0 aromatic carbocycles. The second kappa shape index (κ2) is 7.19. The molecule has 0 amide bonds. The molecule has 13 heavy (non-hydrogen) atoms. The van der Waals surface area contributed by atoms with E-state index in [9.17, 15) is 4.79 Å². The Morgan fingerprint density at radius 3 is 2.00 bits per heavy atom. The average Bonchev–Trinajstić information content (AvgIpc) is 2.12. The average molecular weight is 216 g/mol. The highest BCUT2D eigenvalue weighted by Gasteiger charge is 2.28. The van der Waals surface area contributed by atoms with Crippen molar-refractivity contribution in [2.75, 3.05) is 6.61 Å². The third-order valence-electron chi connectivity index (χ3n) is 1.48. The van der Waals surface area contributed by atoms with Crippen LogP contribution in [0.3, 0.4) is 0 Å². The van der Waals surface area contributed by atoms with Crippen molar-refractivity contribution in [1.82, 2.24) is 0 Å². The first-order chi connectivity index (χ1) is 5.54. The van der Waals surface area contributed by atoms with Gasteiger partial charge in [0.2, 0.25) is 0 Å². The minimum Gasteiger partial charge on any atom is -0.394 e. The molecule has 0 fully saturated rings. The summed E-state index contributed by atoms with van der Waals surface area (Å²) in [5.41, 5.74) is 5.04. The number of aliphatic hydroxyl groups is 4. The summed E-state index contributed by atoms with van der Waals surface area (Å²) in [6.45, 7) is -0.705. The van der Waals surface area contributed by atoms with Gasteiger partial charge in [0.15, 0.2) is 0 Å². The molecule has 0 aromatic heterocycles. The number of hydrogen-bond donors (Lipinski definition) is 5. The number of nitrogens with two attached hydrogens (primary N) is 1. The van der Waals surface area contributed by atoms with E-state index in [1.54, 1.807) is 0 Å². The lowest BCUT2D eigenvalue weighted by Crippen LogP contribution is -2.49. The Balaban J connectivity index is 0. The fraction of sp³-hybridized carbons (Fsp3) is 0.833. The summed E-state index contributed by atoms with van der Waals surface area (Å²) in [7, 11) is 0. The van der Waals surface area contributed by atoms with Crippen LogP contribution in [0.15, 0.2) is 0 Å². The highest BCUT2D eigenvalue weighted by molar-refractivity contribution is 5.85. The van der Waals surface area contributed by atoms with Crippen molar-refractivity contribution in [3.8, 4) is 0 Å². The van der Waals surface area contributed by atoms with E-state index in [4.69, 9.17) is 26.2 Å². The van der Waals surface area contributed by atoms with E-state index in [1.807, 2.05) is 0 Å². The maximum atomic E-state index is 10.0. The minimum atomic E-state index is -1.62. The summed E-state index contributed by atoms with van der Waals surface area (Å²) in [6, 6.07) is -1.26. The Labute approximate surface area is 81.4 Å². The fourth-order valence-electron chi connectivity index (χ4n) is 0.644. The van der Waals surface area contributed by atoms with Crippen LogP contribution in [0, 0.1) is 0 Å². The minimum absolute atomic E-state index is 0. The lowest BCUT2D eigenvalue weighted by atomic mass is 10.0. The normalized spacial score (nSPS) is 19.5. The van der Waals surface area contributed by atoms with Gasteiger partial charge in [0.25, 0.3) is 0 Å². The molecule has 0 heterocycles. The number of aldehydes is 1. The van der Waals surface area contributed by atoms with Gasteiger partial charge >= 0.3 is 0 Å². The van der Waals surface area contributed by atoms with E-state index < -0.39 is 31.0 Å². The lowest BCUT2D eigenvalue weighted by Gasteiger charge is -2.23. The standard InChI is InChI=1S/C6H13NO5.ClH/c7-3(1-8)5(11)6(12)4(10)2-9;/h1,3-6,9-12H,2,7H2;1H/t3?,4-,5+,6+;/m1./s1. The molecule has 0 bridgehead atoms. The zero-order valence-corrected chi connectivity index (χ0v) is 7.59. The van der Waals surface area contributed by atoms with Crippen LogP contribution in [-0.2, 0) is 4.79 Å². The van der Waals surface area contributed by atoms with Gasteiger partial charge < -0.3 is 31.0 Å². The number of halogens is 1. The van der Waals surface area contributed by atoms with Crippen LogP contribution in [0.4, 0.5) is 0 Å². The molecule has 0 aliphatic carbocycles. The van der Waals surface area contributed by atoms with E-state index >= 15 is 0 Å². The molecular weight excluding hydrogens is 202 g/mol. The van der Waals surface area contributed by atoms with Gasteiger partial charge in [-0.2, -0.15) is 0 Å². The summed E-state index contributed by atoms with van der Waals surface area (Å²) in [6.07, 6.45) is -4.43. The summed E-state index contributed by atoms with van der Waals surface area (Å²) in [4.78, 5) is 10.0. The molecule has 0 saturated heterocycles. The van der Waals surface area contributed by atoms with Crippen LogP contribution < -0.4 is 5.73 Å². The van der Waals surface area contributed by atoms with Gasteiger partial charge in [-0.05, 0) is 0 Å². The summed E-state index contributed by atoms with van der Waals surface area (Å²) >= 11 is 0. The first-order valence-electron chi connectivity index (χ1n) is 3.40. The maximum absolute atomic E-state index is 10.0. The molecule has 7 heteroatoms. The SMILES string of the molecule is Cl.NC(C=O)[C@H](O)[C@@H](O)[C@H](O)CO. The first-order valence-corrected chi connectivity index (χ1v) is 3.40. The van der Waals surface area contributed by atoms with E-state index in [0.29, 0.717) is 0 Å². The van der Waals surface area contributed by atoms with Gasteiger partial charge in [-0.1, -0.05) is 0 Å². The van der Waals surface area contributed by atoms with Crippen molar-refractivity contribution < 1.29 is 25.2 Å². The summed E-state index contributed by atoms with van der Waals surface area (Å²) in [5.74, 6) is 0. The predicted molar refractivity (Wildman–Crippen MR) is 46.4 cm³/mol. The van der Waals surface area contributed by atoms with Gasteiger partial charge in [-0.15, -0.1) is 12.4 Å². The third kappa shape index (κ3) is 4.51. The number of rotatable bonds is 5. The Morgan fingerprint density at radius 1 is 1.23 bits per heavy atom. The van der Waals surface area contributed by atoms with Crippen LogP contribution in [0.2, 0.25) is 0 Å². The smallest absolute Gasteiger partial charge is 0.139 e. The molecule has 80 valence electrons. The molecule has 0 rings (SSSR count). The van der Waals surface area contributed by atoms with Crippen molar-refractivity contribution >= 4 is 18.7 Å². The topological polar surface area (TPSA) is 124 Å². The zero-order chi connectivity index (χ0) is 9.72. The molecule has 0 radical (unpaired) electrons. The molecular formula is C6H14ClNO5. The van der Waals surface area contributed by atoms with Crippen LogP contribution >= 0.6 is 12.4 Å². The monoisotopic (exact) mass is 215 g/mol. The third-order valence-corrected chi connectivity index (χ3v) is 1.48. The number of carbonyl (C=O) groups excluding carboxylic acids is 1. The van der Waals surface area contributed by atoms with Crippen molar-refractivity contribution in [1.29, 1.82) is 0 Å². The Kier molecular flexibility index (Phi) is 8.43. The van der Waals surface area contributed by atoms with E-state index in [-0.39, 0.29) is 18.7 Å². The zero-order valence-electron chi connectivity index (χ0n) is 6.78. The number of aliphatic hydroxyl groups excluding tert-OH is 4. The van der Waals surface area contributed by atoms with Gasteiger partial charge in [0, 0.05) is 0 Å². The molecule has 0 saturated carbocycles. The second-order valence-corrected chi connectivity index (χ2v) is 2.44. The second-order valence-electron chi connectivity index (χ2n) is 2.44. The highest BCUT2D eigenvalue weighted by Crippen LogP contribution is 2.01. The summed E-state index contributed by atoms with van der Waals surface area (Å²) in [5, 5.41) is 35.2. The van der Waals surface area contributed by atoms with Crippen LogP contribution in [0.1, 0.15) is 0 Å². The Morgan fingerprint density at radius 2 is 1.69 bits per heavy atom. The molecule has 0 aliphatic heterocycles. The Bertz CT molecular complexity index is 147. The van der Waals surface area contributed by atoms with Crippen molar-refractivity contribution in [2.45, 2.75) is 24.4 Å². The van der Waals surface area contributed by atoms with E-state index in [1.165, 1.54) is 0 Å². The lowest BCUT2D eigenvalue weighted by molar-refractivity contribution is -0.118. The number of hydrogen-bond acceptors (Lipinski definition) is 6. The molecule has 6 nitrogen and oxygen atoms in total. The van der Waals surface area contributed by atoms with Crippen LogP contribution in [0.5, 0.6) is 0 Å². The molecule has 0 aromatic rings. The van der Waals surface area contributed by atoms with Gasteiger partial charge in [0.1, 0.15) is 24.6 Å². The quantitative estimate of drug-likeness (QED) is 0.312. The fourth-order valence-corrected chi connectivity index (χ4v) is 0.644. The Hall–Kier alpha value is -0.240. The first kappa shape index (κ1) is 15.2. The molecule has 1 unspecified atom stereocenters. The van der Waals surface area contributed by atoms with Crippen LogP contribution in [-0.4, -0.2) is 57.7 Å². The molecule has 0 aliphatic rings. The van der Waals surface area contributed by atoms with Gasteiger partial charge in [-0.3, -0.25) is 0 Å². The van der Waals surface area contributed by atoms with E-state index in [2.05, 4.69) is 0 Å². The maximum Gasteiger partial charge on any atom is 0.139 e. The number of carbonyl (C=O) groups is 1. The van der Waals surface area contributed by atoms with Crippen LogP contribution in [0.25, 0.3) is 0 Å². The van der Waals surface area contributed by atoms with Gasteiger partial charge in [0.05, 0.1) is 12.6 Å². The molecule has 0 spiro atoms. The summed E-state index contributed by atoms with van der Waals surface area (Å²) < 4.78 is 0. The highest BCUT2D eigenvalue weighted by atomic mass is 35.5. The van der Waals surface area contributed by atoms with Crippen molar-refractivity contribution in [2.24, 2.45) is 5.73 Å². The molecule has 6 N–H and O–H groups in total. The van der Waals surface area contributed by atoms with Gasteiger partial charge in [-0.25, -0.2) is 0 Å². The van der Waals surface area contributed by atoms with E-state index in [0.717, 1.165) is 0 Å². The largest absolute Gasteiger partial charge is 0.394 e. The van der Waals surface area contributed by atoms with Crippen molar-refractivity contribution in [3.05, 3.63) is 0 Å².